The Bertz CT molecular complexity index is 2190. The zero-order valence-corrected chi connectivity index (χ0v) is 40.1. The van der Waals surface area contributed by atoms with Crippen molar-refractivity contribution in [3.63, 3.8) is 0 Å². The van der Waals surface area contributed by atoms with Crippen LogP contribution in [0, 0.1) is 27.6 Å². The number of ether oxygens (including phenoxy) is 2. The molecule has 3 N–H and O–H groups in total. The summed E-state index contributed by atoms with van der Waals surface area (Å²) in [4.78, 5) is 67.2. The number of β-amino-alcohol motifs (C(OH)–C–C–N with tert-alkyl or cyclic N) is 1. The number of ketones is 2. The molecule has 0 spiro atoms. The number of Topliss-reactive ketones (excluding diaryl/α,β-unsaturated/α-hetero) is 2. The molecule has 65 heavy (non-hydrogen) atoms. The van der Waals surface area contributed by atoms with E-state index in [9.17, 15) is 34.3 Å². The molecule has 1 aliphatic heterocycles. The predicted molar refractivity (Wildman–Crippen MR) is 251 cm³/mol. The Morgan fingerprint density at radius 1 is 0.892 bits per heavy atom. The van der Waals surface area contributed by atoms with E-state index >= 15 is 0 Å². The number of nitrogens with one attached hydrogen (secondary N) is 2. The molecule has 1 saturated carbocycles. The molecule has 12 nitrogen and oxygen atoms in total. The molecule has 2 aliphatic rings. The van der Waals surface area contributed by atoms with Crippen LogP contribution in [0.15, 0.2) is 66.7 Å². The van der Waals surface area contributed by atoms with Gasteiger partial charge in [0.2, 0.25) is 11.8 Å². The van der Waals surface area contributed by atoms with Gasteiger partial charge in [-0.2, -0.15) is 5.26 Å². The fourth-order valence-electron chi connectivity index (χ4n) is 9.56. The minimum Gasteiger partial charge on any atom is -0.489 e. The first-order valence-electron chi connectivity index (χ1n) is 22.9. The second kappa shape index (κ2) is 21.9. The van der Waals surface area contributed by atoms with Gasteiger partial charge in [0.15, 0.2) is 11.6 Å². The number of aliphatic hydroxyl groups is 1. The number of aliphatic hydroxyl groups excluding tert-OH is 1. The number of carbonyl (C=O) groups is 5. The lowest BCUT2D eigenvalue weighted by atomic mass is 9.49. The van der Waals surface area contributed by atoms with Gasteiger partial charge in [-0.25, -0.2) is 0 Å². The Morgan fingerprint density at radius 3 is 2.11 bits per heavy atom. The van der Waals surface area contributed by atoms with Gasteiger partial charge in [-0.1, -0.05) is 116 Å². The van der Waals surface area contributed by atoms with Crippen molar-refractivity contribution in [2.75, 3.05) is 19.8 Å². The number of hydrogen-bond acceptors (Lipinski definition) is 9. The van der Waals surface area contributed by atoms with Gasteiger partial charge in [-0.15, -0.1) is 0 Å². The Morgan fingerprint density at radius 2 is 1.51 bits per heavy atom. The van der Waals surface area contributed by atoms with Crippen molar-refractivity contribution in [1.29, 1.82) is 5.26 Å². The summed E-state index contributed by atoms with van der Waals surface area (Å²) in [5, 5.41) is 26.2. The van der Waals surface area contributed by atoms with Gasteiger partial charge in [0.1, 0.15) is 30.6 Å². The number of unbranched alkanes of at least 4 members (excludes halogenated alkanes) is 3. The maximum Gasteiger partial charge on any atom is 0.251 e. The maximum absolute atomic E-state index is 13.9. The number of benzene rings is 3. The summed E-state index contributed by atoms with van der Waals surface area (Å²) in [5.74, 6) is -0.486. The monoisotopic (exact) mass is 910 g/mol. The van der Waals surface area contributed by atoms with Crippen LogP contribution in [0.2, 0.25) is 5.02 Å². The molecule has 5 rings (SSSR count). The molecule has 13 heteroatoms. The molecule has 0 radical (unpaired) electrons. The van der Waals surface area contributed by atoms with Crippen LogP contribution >= 0.6 is 11.6 Å². The number of nitrogens with zero attached hydrogens (tertiary/aromatic N) is 2. The lowest BCUT2D eigenvalue weighted by Gasteiger charge is -2.63. The molecule has 3 aromatic rings. The molecular formula is C52H67ClN4O8. The number of likely N-dealkylation sites (tertiary alicyclic amines) is 1. The average Bonchev–Trinajstić information content (AvgIpc) is 3.67. The van der Waals surface area contributed by atoms with Crippen LogP contribution in [0.4, 0.5) is 0 Å². The highest BCUT2D eigenvalue weighted by Crippen LogP contribution is 2.55. The minimum absolute atomic E-state index is 0.0143. The summed E-state index contributed by atoms with van der Waals surface area (Å²) in [6.45, 7) is 15.9. The van der Waals surface area contributed by atoms with Gasteiger partial charge in [0.25, 0.3) is 5.91 Å². The molecule has 3 aromatic carbocycles. The first-order chi connectivity index (χ1) is 30.7. The third-order valence-electron chi connectivity index (χ3n) is 13.0. The van der Waals surface area contributed by atoms with E-state index in [-0.39, 0.29) is 66.4 Å². The Balaban J connectivity index is 0.993. The lowest BCUT2D eigenvalue weighted by molar-refractivity contribution is -0.164. The molecule has 2 fully saturated rings. The molecular weight excluding hydrogens is 844 g/mol. The van der Waals surface area contributed by atoms with Crippen molar-refractivity contribution < 1.29 is 38.6 Å². The molecule has 1 aliphatic carbocycles. The van der Waals surface area contributed by atoms with Crippen LogP contribution in [-0.2, 0) is 32.0 Å². The van der Waals surface area contributed by atoms with E-state index in [1.54, 1.807) is 30.3 Å². The minimum atomic E-state index is -0.927. The summed E-state index contributed by atoms with van der Waals surface area (Å²) in [6.07, 6.45) is 4.62. The fourth-order valence-corrected chi connectivity index (χ4v) is 9.77. The molecule has 0 aromatic heterocycles. The van der Waals surface area contributed by atoms with Crippen LogP contribution in [0.25, 0.3) is 0 Å². The van der Waals surface area contributed by atoms with E-state index < -0.39 is 35.4 Å². The number of aryl methyl sites for hydroxylation is 2. The third-order valence-corrected chi connectivity index (χ3v) is 13.3. The fraction of sp³-hybridized carbons (Fsp3) is 0.538. The van der Waals surface area contributed by atoms with Crippen molar-refractivity contribution in [1.82, 2.24) is 15.5 Å². The third kappa shape index (κ3) is 12.8. The summed E-state index contributed by atoms with van der Waals surface area (Å²) in [6, 6.07) is 20.2. The summed E-state index contributed by atoms with van der Waals surface area (Å²) in [7, 11) is 0. The quantitative estimate of drug-likeness (QED) is 0.0703. The lowest BCUT2D eigenvalue weighted by Crippen LogP contribution is -2.74. The maximum atomic E-state index is 13.9. The topological polar surface area (TPSA) is 175 Å². The SMILES string of the molecule is CCC(=O)c1ccc(CCC(=O)[C@@H]2C[C@@H](O)CN2C(=O)[C@@H](NC(=O)COCCCCCCc2ccc(C(=O)NC3C(C)(C)C(Oc4ccc(C#N)c(Cl)c4)C3(C)C)cc2)C(C)(C)C)cc1. The highest BCUT2D eigenvalue weighted by molar-refractivity contribution is 6.31. The molecule has 1 saturated heterocycles. The van der Waals surface area contributed by atoms with Gasteiger partial charge in [0, 0.05) is 66.5 Å². The van der Waals surface area contributed by atoms with Crippen LogP contribution in [0.1, 0.15) is 138 Å². The number of carbonyl (C=O) groups excluding carboxylic acids is 5. The van der Waals surface area contributed by atoms with Crippen molar-refractivity contribution in [3.05, 3.63) is 99.6 Å². The second-order valence-electron chi connectivity index (χ2n) is 19.9. The number of nitriles is 1. The van der Waals surface area contributed by atoms with Crippen LogP contribution in [0.5, 0.6) is 5.75 Å². The average molecular weight is 912 g/mol. The summed E-state index contributed by atoms with van der Waals surface area (Å²) < 4.78 is 12.0. The van der Waals surface area contributed by atoms with E-state index in [4.69, 9.17) is 21.1 Å². The van der Waals surface area contributed by atoms with Gasteiger partial charge in [-0.3, -0.25) is 24.0 Å². The van der Waals surface area contributed by atoms with Crippen molar-refractivity contribution in [3.8, 4) is 11.8 Å². The standard InChI is InChI=1S/C52H67ClN4O8/c1-9-42(59)35-20-15-34(16-21-35)19-26-43(60)41-28-38(58)31-57(41)47(63)45(50(2,3)4)55-44(61)32-64-27-13-11-10-12-14-33-17-22-36(23-18-33)46(62)56-48-51(5,6)49(52(48,7)8)65-39-25-24-37(30-54)40(53)29-39/h15-18,20-25,29,38,41,45,48-49,58H,9-14,19,26-28,31-32H2,1-8H3,(H,55,61)(H,56,62)/t38-,41+,45-,48?,49?/m1/s1. The van der Waals surface area contributed by atoms with E-state index in [2.05, 4.69) is 44.4 Å². The zero-order valence-electron chi connectivity index (χ0n) is 39.3. The predicted octanol–water partition coefficient (Wildman–Crippen LogP) is 8.23. The van der Waals surface area contributed by atoms with Crippen LogP contribution in [0.3, 0.4) is 0 Å². The molecule has 3 amide bonds. The van der Waals surface area contributed by atoms with Crippen molar-refractivity contribution in [2.45, 2.75) is 144 Å². The first-order valence-corrected chi connectivity index (χ1v) is 23.3. The highest BCUT2D eigenvalue weighted by Gasteiger charge is 2.64. The van der Waals surface area contributed by atoms with Crippen LogP contribution < -0.4 is 15.4 Å². The smallest absolute Gasteiger partial charge is 0.251 e. The number of hydrogen-bond donors (Lipinski definition) is 3. The summed E-state index contributed by atoms with van der Waals surface area (Å²) >= 11 is 6.24. The van der Waals surface area contributed by atoms with Gasteiger partial charge < -0.3 is 30.1 Å². The molecule has 1 heterocycles. The molecule has 0 unspecified atom stereocenters. The van der Waals surface area contributed by atoms with E-state index in [0.717, 1.165) is 43.2 Å². The summed E-state index contributed by atoms with van der Waals surface area (Å²) in [5.41, 5.74) is 2.26. The number of rotatable bonds is 21. The van der Waals surface area contributed by atoms with E-state index in [1.165, 1.54) is 4.90 Å². The Kier molecular flexibility index (Phi) is 17.2. The van der Waals surface area contributed by atoms with Crippen molar-refractivity contribution >= 4 is 40.9 Å². The van der Waals surface area contributed by atoms with E-state index in [0.29, 0.717) is 46.9 Å². The van der Waals surface area contributed by atoms with Gasteiger partial charge in [0.05, 0.1) is 22.7 Å². The second-order valence-corrected chi connectivity index (χ2v) is 20.3. The number of amides is 3. The number of halogens is 1. The largest absolute Gasteiger partial charge is 0.489 e. The van der Waals surface area contributed by atoms with Crippen molar-refractivity contribution in [2.24, 2.45) is 16.2 Å². The Hall–Kier alpha value is -5.09. The molecule has 350 valence electrons. The van der Waals surface area contributed by atoms with Crippen LogP contribution in [-0.4, -0.2) is 89.4 Å². The van der Waals surface area contributed by atoms with Gasteiger partial charge in [-0.05, 0) is 66.5 Å². The van der Waals surface area contributed by atoms with Gasteiger partial charge >= 0.3 is 0 Å². The Labute approximate surface area is 389 Å². The van der Waals surface area contributed by atoms with E-state index in [1.807, 2.05) is 64.1 Å². The molecule has 3 atom stereocenters. The highest BCUT2D eigenvalue weighted by atomic mass is 35.5. The normalized spacial score (nSPS) is 20.2. The first kappa shape index (κ1) is 50.9. The molecule has 0 bridgehead atoms. The zero-order chi connectivity index (χ0) is 47.7.